The van der Waals surface area contributed by atoms with Crippen molar-refractivity contribution in [3.8, 4) is 11.5 Å². The van der Waals surface area contributed by atoms with Crippen LogP contribution in [0.15, 0.2) is 35.1 Å². The van der Waals surface area contributed by atoms with Gasteiger partial charge < -0.3 is 9.47 Å². The fraction of sp³-hybridized carbons (Fsp3) is 0.214. The van der Waals surface area contributed by atoms with Gasteiger partial charge in [-0.25, -0.2) is 4.98 Å². The first-order valence-electron chi connectivity index (χ1n) is 5.91. The summed E-state index contributed by atoms with van der Waals surface area (Å²) < 4.78 is 12.1. The smallest absolute Gasteiger partial charge is 0.152 e. The van der Waals surface area contributed by atoms with E-state index in [4.69, 9.17) is 21.1 Å². The molecule has 3 rings (SSSR count). The second-order valence-corrected chi connectivity index (χ2v) is 5.42. The van der Waals surface area contributed by atoms with E-state index in [-0.39, 0.29) is 0 Å². The highest BCUT2D eigenvalue weighted by Gasteiger charge is 2.18. The standard InChI is InChI=1S/C14H11BrClNO2/c15-14-12(2-1-4-17-14)19-8-10-7-11(16)6-9-3-5-18-13(9)10/h1-2,4,6-7H,3,5,8H2. The van der Waals surface area contributed by atoms with Gasteiger partial charge in [0.05, 0.1) is 6.61 Å². The first-order valence-corrected chi connectivity index (χ1v) is 7.08. The van der Waals surface area contributed by atoms with Crippen molar-refractivity contribution in [1.29, 1.82) is 0 Å². The highest BCUT2D eigenvalue weighted by Crippen LogP contribution is 2.34. The van der Waals surface area contributed by atoms with Crippen LogP contribution in [0, 0.1) is 0 Å². The van der Waals surface area contributed by atoms with E-state index >= 15 is 0 Å². The highest BCUT2D eigenvalue weighted by molar-refractivity contribution is 9.10. The number of aromatic nitrogens is 1. The molecular formula is C14H11BrClNO2. The van der Waals surface area contributed by atoms with Gasteiger partial charge in [0, 0.05) is 23.2 Å². The van der Waals surface area contributed by atoms with Crippen LogP contribution in [0.2, 0.25) is 5.02 Å². The monoisotopic (exact) mass is 339 g/mol. The Bertz CT molecular complexity index is 618. The molecule has 98 valence electrons. The third-order valence-corrected chi connectivity index (χ3v) is 3.75. The largest absolute Gasteiger partial charge is 0.493 e. The fourth-order valence-corrected chi connectivity index (χ4v) is 2.72. The molecule has 0 N–H and O–H groups in total. The maximum atomic E-state index is 6.11. The Hall–Kier alpha value is -1.26. The highest BCUT2D eigenvalue weighted by atomic mass is 79.9. The van der Waals surface area contributed by atoms with Gasteiger partial charge >= 0.3 is 0 Å². The molecule has 0 atom stereocenters. The van der Waals surface area contributed by atoms with Crippen molar-refractivity contribution < 1.29 is 9.47 Å². The van der Waals surface area contributed by atoms with Crippen LogP contribution in [0.5, 0.6) is 11.5 Å². The molecule has 0 spiro atoms. The second kappa shape index (κ2) is 5.39. The third-order valence-electron chi connectivity index (χ3n) is 2.93. The van der Waals surface area contributed by atoms with Gasteiger partial charge in [0.2, 0.25) is 0 Å². The summed E-state index contributed by atoms with van der Waals surface area (Å²) in [7, 11) is 0. The van der Waals surface area contributed by atoms with Crippen molar-refractivity contribution in [3.63, 3.8) is 0 Å². The van der Waals surface area contributed by atoms with E-state index in [1.54, 1.807) is 6.20 Å². The third kappa shape index (κ3) is 2.69. The second-order valence-electron chi connectivity index (χ2n) is 4.23. The summed E-state index contributed by atoms with van der Waals surface area (Å²) in [5.41, 5.74) is 2.12. The molecule has 1 aliphatic rings. The van der Waals surface area contributed by atoms with Crippen molar-refractivity contribution in [1.82, 2.24) is 4.98 Å². The lowest BCUT2D eigenvalue weighted by atomic mass is 10.1. The van der Waals surface area contributed by atoms with Crippen LogP contribution in [0.1, 0.15) is 11.1 Å². The van der Waals surface area contributed by atoms with E-state index < -0.39 is 0 Å². The molecule has 0 bridgehead atoms. The lowest BCUT2D eigenvalue weighted by Gasteiger charge is -2.11. The molecule has 0 saturated heterocycles. The van der Waals surface area contributed by atoms with Crippen molar-refractivity contribution in [2.45, 2.75) is 13.0 Å². The van der Waals surface area contributed by atoms with E-state index in [0.717, 1.165) is 23.3 Å². The molecule has 2 heterocycles. The van der Waals surface area contributed by atoms with Gasteiger partial charge in [0.15, 0.2) is 5.75 Å². The minimum atomic E-state index is 0.410. The van der Waals surface area contributed by atoms with Crippen LogP contribution in [0.3, 0.4) is 0 Å². The average molecular weight is 341 g/mol. The molecule has 2 aromatic rings. The molecule has 0 aliphatic carbocycles. The molecule has 1 aromatic carbocycles. The van der Waals surface area contributed by atoms with Crippen molar-refractivity contribution in [3.05, 3.63) is 51.2 Å². The number of halogens is 2. The SMILES string of the molecule is Clc1cc2c(c(COc3cccnc3Br)c1)OCC2. The lowest BCUT2D eigenvalue weighted by Crippen LogP contribution is -1.99. The summed E-state index contributed by atoms with van der Waals surface area (Å²) in [5.74, 6) is 1.61. The van der Waals surface area contributed by atoms with E-state index in [1.807, 2.05) is 24.3 Å². The number of hydrogen-bond acceptors (Lipinski definition) is 3. The Balaban J connectivity index is 1.83. The number of fused-ring (bicyclic) bond motifs is 1. The van der Waals surface area contributed by atoms with E-state index in [0.29, 0.717) is 28.6 Å². The maximum absolute atomic E-state index is 6.11. The minimum absolute atomic E-state index is 0.410. The maximum Gasteiger partial charge on any atom is 0.152 e. The van der Waals surface area contributed by atoms with Crippen LogP contribution in [-0.4, -0.2) is 11.6 Å². The molecule has 19 heavy (non-hydrogen) atoms. The topological polar surface area (TPSA) is 31.4 Å². The van der Waals surface area contributed by atoms with Gasteiger partial charge in [-0.1, -0.05) is 11.6 Å². The molecule has 0 radical (unpaired) electrons. The number of benzene rings is 1. The predicted octanol–water partition coefficient (Wildman–Crippen LogP) is 4.01. The van der Waals surface area contributed by atoms with Gasteiger partial charge in [-0.3, -0.25) is 0 Å². The van der Waals surface area contributed by atoms with Gasteiger partial charge in [0.1, 0.15) is 17.0 Å². The average Bonchev–Trinajstić information content (AvgIpc) is 2.85. The predicted molar refractivity (Wildman–Crippen MR) is 76.9 cm³/mol. The zero-order chi connectivity index (χ0) is 13.2. The molecule has 0 saturated carbocycles. The van der Waals surface area contributed by atoms with Gasteiger partial charge in [0.25, 0.3) is 0 Å². The number of rotatable bonds is 3. The quantitative estimate of drug-likeness (QED) is 0.791. The van der Waals surface area contributed by atoms with Crippen molar-refractivity contribution >= 4 is 27.5 Å². The van der Waals surface area contributed by atoms with Crippen LogP contribution >= 0.6 is 27.5 Å². The van der Waals surface area contributed by atoms with Crippen LogP contribution in [-0.2, 0) is 13.0 Å². The first kappa shape index (κ1) is 12.8. The zero-order valence-electron chi connectivity index (χ0n) is 10.0. The molecule has 3 nitrogen and oxygen atoms in total. The van der Waals surface area contributed by atoms with E-state index in [9.17, 15) is 0 Å². The summed E-state index contributed by atoms with van der Waals surface area (Å²) in [5, 5.41) is 0.716. The summed E-state index contributed by atoms with van der Waals surface area (Å²) in [6.07, 6.45) is 2.61. The Labute approximate surface area is 124 Å². The van der Waals surface area contributed by atoms with Crippen LogP contribution in [0.25, 0.3) is 0 Å². The lowest BCUT2D eigenvalue weighted by molar-refractivity contribution is 0.289. The summed E-state index contributed by atoms with van der Waals surface area (Å²) >= 11 is 9.46. The molecule has 0 unspecified atom stereocenters. The van der Waals surface area contributed by atoms with Gasteiger partial charge in [-0.2, -0.15) is 0 Å². The van der Waals surface area contributed by atoms with Crippen molar-refractivity contribution in [2.24, 2.45) is 0 Å². The first-order chi connectivity index (χ1) is 9.24. The molecule has 5 heteroatoms. The summed E-state index contributed by atoms with van der Waals surface area (Å²) in [6, 6.07) is 7.53. The number of hydrogen-bond donors (Lipinski definition) is 0. The van der Waals surface area contributed by atoms with Crippen molar-refractivity contribution in [2.75, 3.05) is 6.61 Å². The van der Waals surface area contributed by atoms with E-state index in [2.05, 4.69) is 20.9 Å². The van der Waals surface area contributed by atoms with Gasteiger partial charge in [-0.15, -0.1) is 0 Å². The molecule has 0 fully saturated rings. The number of pyridine rings is 1. The van der Waals surface area contributed by atoms with Crippen LogP contribution < -0.4 is 9.47 Å². The fourth-order valence-electron chi connectivity index (χ4n) is 2.09. The number of nitrogens with zero attached hydrogens (tertiary/aromatic N) is 1. The molecular weight excluding hydrogens is 330 g/mol. The number of ether oxygens (including phenoxy) is 2. The van der Waals surface area contributed by atoms with Gasteiger partial charge in [-0.05, 0) is 45.8 Å². The molecule has 0 amide bonds. The van der Waals surface area contributed by atoms with Crippen LogP contribution in [0.4, 0.5) is 0 Å². The minimum Gasteiger partial charge on any atom is -0.493 e. The Morgan fingerprint density at radius 1 is 1.42 bits per heavy atom. The Morgan fingerprint density at radius 2 is 2.32 bits per heavy atom. The summed E-state index contributed by atoms with van der Waals surface area (Å²) in [6.45, 7) is 1.12. The molecule has 1 aromatic heterocycles. The zero-order valence-corrected chi connectivity index (χ0v) is 12.4. The Morgan fingerprint density at radius 3 is 3.16 bits per heavy atom. The normalized spacial score (nSPS) is 12.9. The molecule has 1 aliphatic heterocycles. The summed E-state index contributed by atoms with van der Waals surface area (Å²) in [4.78, 5) is 4.12. The van der Waals surface area contributed by atoms with E-state index in [1.165, 1.54) is 0 Å². The Kier molecular flexibility index (Phi) is 3.62.